The second kappa shape index (κ2) is 8.45. The molecule has 1 amide bonds. The summed E-state index contributed by atoms with van der Waals surface area (Å²) in [5, 5.41) is 1.78. The van der Waals surface area contributed by atoms with Crippen LogP contribution in [0.4, 0.5) is 0 Å². The van der Waals surface area contributed by atoms with Crippen LogP contribution >= 0.6 is 11.6 Å². The van der Waals surface area contributed by atoms with Crippen LogP contribution in [0.1, 0.15) is 12.0 Å². The van der Waals surface area contributed by atoms with Gasteiger partial charge in [-0.2, -0.15) is 0 Å². The Balaban J connectivity index is 1.48. The summed E-state index contributed by atoms with van der Waals surface area (Å²) in [6.07, 6.45) is 2.04. The molecule has 0 saturated carbocycles. The number of nitrogens with two attached hydrogens (primary N) is 1. The molecule has 0 unspecified atom stereocenters. The summed E-state index contributed by atoms with van der Waals surface area (Å²) < 4.78 is 12.0. The minimum atomic E-state index is -0.787. The average Bonchev–Trinajstić information content (AvgIpc) is 3.14. The molecule has 1 atom stereocenters. The SMILES string of the molecule is NC(=O)C[C@@]1(COc2cccc(Cl)c2)CN(Cc2ccc3[nH]ccc3c2)CCO1. The first-order valence-electron chi connectivity index (χ1n) is 9.60. The Morgan fingerprint density at radius 3 is 3.00 bits per heavy atom. The number of nitrogens with zero attached hydrogens (tertiary/aromatic N) is 1. The van der Waals surface area contributed by atoms with E-state index >= 15 is 0 Å². The van der Waals surface area contributed by atoms with E-state index in [-0.39, 0.29) is 13.0 Å². The van der Waals surface area contributed by atoms with Crippen LogP contribution in [0.3, 0.4) is 0 Å². The van der Waals surface area contributed by atoms with Gasteiger partial charge in [0, 0.05) is 36.4 Å². The molecule has 0 bridgehead atoms. The minimum Gasteiger partial charge on any atom is -0.490 e. The van der Waals surface area contributed by atoms with Crippen molar-refractivity contribution in [3.63, 3.8) is 0 Å². The van der Waals surface area contributed by atoms with Gasteiger partial charge in [0.1, 0.15) is 18.0 Å². The summed E-state index contributed by atoms with van der Waals surface area (Å²) in [6, 6.07) is 15.6. The van der Waals surface area contributed by atoms with Crippen molar-refractivity contribution >= 4 is 28.4 Å². The molecule has 1 aromatic heterocycles. The van der Waals surface area contributed by atoms with Crippen LogP contribution in [0.25, 0.3) is 10.9 Å². The fourth-order valence-corrected chi connectivity index (χ4v) is 4.03. The molecule has 1 aliphatic heterocycles. The summed E-state index contributed by atoms with van der Waals surface area (Å²) in [5.41, 5.74) is 7.08. The highest BCUT2D eigenvalue weighted by atomic mass is 35.5. The smallest absolute Gasteiger partial charge is 0.220 e. The molecule has 2 aromatic carbocycles. The maximum absolute atomic E-state index is 11.8. The molecule has 1 aliphatic rings. The predicted molar refractivity (Wildman–Crippen MR) is 113 cm³/mol. The zero-order chi connectivity index (χ0) is 20.3. The van der Waals surface area contributed by atoms with E-state index in [1.807, 2.05) is 18.3 Å². The average molecular weight is 414 g/mol. The third kappa shape index (κ3) is 4.90. The minimum absolute atomic E-state index is 0.0981. The Kier molecular flexibility index (Phi) is 5.76. The number of primary amides is 1. The van der Waals surface area contributed by atoms with Crippen molar-refractivity contribution in [2.24, 2.45) is 5.73 Å². The van der Waals surface area contributed by atoms with Crippen LogP contribution in [-0.4, -0.2) is 47.7 Å². The fraction of sp³-hybridized carbons (Fsp3) is 0.318. The third-order valence-corrected chi connectivity index (χ3v) is 5.38. The lowest BCUT2D eigenvalue weighted by Crippen LogP contribution is -2.56. The van der Waals surface area contributed by atoms with Gasteiger partial charge < -0.3 is 20.2 Å². The summed E-state index contributed by atoms with van der Waals surface area (Å²) in [5.74, 6) is 0.232. The van der Waals surface area contributed by atoms with Crippen molar-refractivity contribution in [1.29, 1.82) is 0 Å². The van der Waals surface area contributed by atoms with Crippen molar-refractivity contribution in [3.8, 4) is 5.75 Å². The number of carbonyl (C=O) groups is 1. The summed E-state index contributed by atoms with van der Waals surface area (Å²) in [7, 11) is 0. The third-order valence-electron chi connectivity index (χ3n) is 5.15. The van der Waals surface area contributed by atoms with Crippen molar-refractivity contribution < 1.29 is 14.3 Å². The lowest BCUT2D eigenvalue weighted by atomic mass is 9.97. The first-order chi connectivity index (χ1) is 14.0. The van der Waals surface area contributed by atoms with Gasteiger partial charge in [0.2, 0.25) is 5.91 Å². The van der Waals surface area contributed by atoms with Gasteiger partial charge in [-0.3, -0.25) is 9.69 Å². The molecule has 0 spiro atoms. The maximum Gasteiger partial charge on any atom is 0.220 e. The van der Waals surface area contributed by atoms with Crippen LogP contribution in [0, 0.1) is 0 Å². The quantitative estimate of drug-likeness (QED) is 0.622. The molecular formula is C22H24ClN3O3. The van der Waals surface area contributed by atoms with E-state index < -0.39 is 11.5 Å². The molecule has 4 rings (SSSR count). The van der Waals surface area contributed by atoms with Crippen LogP contribution in [-0.2, 0) is 16.1 Å². The number of hydrogen-bond donors (Lipinski definition) is 2. The largest absolute Gasteiger partial charge is 0.490 e. The number of H-pyrrole nitrogens is 1. The van der Waals surface area contributed by atoms with Gasteiger partial charge in [0.15, 0.2) is 0 Å². The monoisotopic (exact) mass is 413 g/mol. The zero-order valence-electron chi connectivity index (χ0n) is 16.1. The van der Waals surface area contributed by atoms with E-state index in [0.29, 0.717) is 23.9 Å². The van der Waals surface area contributed by atoms with E-state index in [1.54, 1.807) is 12.1 Å². The Morgan fingerprint density at radius 2 is 2.17 bits per heavy atom. The van der Waals surface area contributed by atoms with E-state index in [0.717, 1.165) is 18.6 Å². The molecule has 0 radical (unpaired) electrons. The van der Waals surface area contributed by atoms with Gasteiger partial charge in [-0.05, 0) is 47.3 Å². The number of amides is 1. The lowest BCUT2D eigenvalue weighted by Gasteiger charge is -2.42. The highest BCUT2D eigenvalue weighted by molar-refractivity contribution is 6.30. The Morgan fingerprint density at radius 1 is 1.28 bits per heavy atom. The highest BCUT2D eigenvalue weighted by Gasteiger charge is 2.39. The van der Waals surface area contributed by atoms with Gasteiger partial charge >= 0.3 is 0 Å². The van der Waals surface area contributed by atoms with Crippen LogP contribution in [0.5, 0.6) is 5.75 Å². The topological polar surface area (TPSA) is 80.6 Å². The Bertz CT molecular complexity index is 1010. The number of aromatic nitrogens is 1. The number of fused-ring (bicyclic) bond motifs is 1. The normalized spacial score (nSPS) is 20.0. The fourth-order valence-electron chi connectivity index (χ4n) is 3.85. The van der Waals surface area contributed by atoms with E-state index in [1.165, 1.54) is 10.9 Å². The van der Waals surface area contributed by atoms with Crippen molar-refractivity contribution in [3.05, 3.63) is 65.3 Å². The van der Waals surface area contributed by atoms with Crippen molar-refractivity contribution in [2.45, 2.75) is 18.6 Å². The molecule has 6 nitrogen and oxygen atoms in total. The van der Waals surface area contributed by atoms with Gasteiger partial charge in [0.25, 0.3) is 0 Å². The van der Waals surface area contributed by atoms with Crippen molar-refractivity contribution in [1.82, 2.24) is 9.88 Å². The number of carbonyl (C=O) groups excluding carboxylic acids is 1. The first-order valence-corrected chi connectivity index (χ1v) is 9.98. The molecule has 1 saturated heterocycles. The van der Waals surface area contributed by atoms with E-state index in [4.69, 9.17) is 26.8 Å². The van der Waals surface area contributed by atoms with Crippen LogP contribution < -0.4 is 10.5 Å². The number of aromatic amines is 1. The number of rotatable bonds is 7. The number of hydrogen-bond acceptors (Lipinski definition) is 4. The molecule has 7 heteroatoms. The number of nitrogens with one attached hydrogen (secondary N) is 1. The second-order valence-electron chi connectivity index (χ2n) is 7.53. The summed E-state index contributed by atoms with van der Waals surface area (Å²) in [4.78, 5) is 17.3. The standard InChI is InChI=1S/C22H24ClN3O3/c23-18-2-1-3-19(11-18)28-15-22(12-21(24)27)14-26(8-9-29-22)13-16-4-5-20-17(10-16)6-7-25-20/h1-7,10-11,25H,8-9,12-15H2,(H2,24,27)/t22-/m0/s1. The first kappa shape index (κ1) is 19.8. The number of morpholine rings is 1. The maximum atomic E-state index is 11.8. The molecule has 29 heavy (non-hydrogen) atoms. The Labute approximate surface area is 174 Å². The van der Waals surface area contributed by atoms with E-state index in [2.05, 4.69) is 34.1 Å². The molecular weight excluding hydrogens is 390 g/mol. The van der Waals surface area contributed by atoms with Crippen LogP contribution in [0.15, 0.2) is 54.7 Å². The highest BCUT2D eigenvalue weighted by Crippen LogP contribution is 2.26. The van der Waals surface area contributed by atoms with E-state index in [9.17, 15) is 4.79 Å². The molecule has 3 aromatic rings. The summed E-state index contributed by atoms with van der Waals surface area (Å²) >= 11 is 6.04. The second-order valence-corrected chi connectivity index (χ2v) is 7.97. The van der Waals surface area contributed by atoms with Gasteiger partial charge in [0.05, 0.1) is 13.0 Å². The van der Waals surface area contributed by atoms with Crippen molar-refractivity contribution in [2.75, 3.05) is 26.3 Å². The molecule has 152 valence electrons. The number of ether oxygens (including phenoxy) is 2. The summed E-state index contributed by atoms with van der Waals surface area (Å²) in [6.45, 7) is 2.84. The Hall–Kier alpha value is -2.54. The zero-order valence-corrected chi connectivity index (χ0v) is 16.8. The number of halogens is 1. The van der Waals surface area contributed by atoms with Gasteiger partial charge in [-0.15, -0.1) is 0 Å². The van der Waals surface area contributed by atoms with Crippen LogP contribution in [0.2, 0.25) is 5.02 Å². The lowest BCUT2D eigenvalue weighted by molar-refractivity contribution is -0.148. The van der Waals surface area contributed by atoms with Gasteiger partial charge in [-0.25, -0.2) is 0 Å². The molecule has 0 aliphatic carbocycles. The predicted octanol–water partition coefficient (Wildman–Crippen LogP) is 3.35. The number of benzene rings is 2. The molecule has 2 heterocycles. The molecule has 3 N–H and O–H groups in total. The van der Waals surface area contributed by atoms with Gasteiger partial charge in [-0.1, -0.05) is 23.7 Å². The molecule has 1 fully saturated rings.